The molecule has 2 saturated heterocycles. The van der Waals surface area contributed by atoms with Gasteiger partial charge in [-0.2, -0.15) is 0 Å². The number of carbonyl (C=O) groups is 1. The van der Waals surface area contributed by atoms with Gasteiger partial charge in [-0.3, -0.25) is 4.79 Å². The molecular weight excluding hydrogens is 186 g/mol. The van der Waals surface area contributed by atoms with Crippen LogP contribution in [0.3, 0.4) is 0 Å². The quantitative estimate of drug-likeness (QED) is 0.709. The predicted octanol–water partition coefficient (Wildman–Crippen LogP) is 2.62. The van der Waals surface area contributed by atoms with Crippen LogP contribution in [-0.4, -0.2) is 29.8 Å². The summed E-state index contributed by atoms with van der Waals surface area (Å²) in [6.07, 6.45) is 7.96. The Kier molecular flexibility index (Phi) is 3.45. The summed E-state index contributed by atoms with van der Waals surface area (Å²) in [7, 11) is 2.23. The van der Waals surface area contributed by atoms with Gasteiger partial charge in [0.2, 0.25) is 0 Å². The van der Waals surface area contributed by atoms with Gasteiger partial charge in [-0.05, 0) is 39.2 Å². The molecule has 2 heterocycles. The van der Waals surface area contributed by atoms with Crippen LogP contribution in [0, 0.1) is 5.92 Å². The second-order valence-corrected chi connectivity index (χ2v) is 5.29. The van der Waals surface area contributed by atoms with Gasteiger partial charge in [0.15, 0.2) is 0 Å². The number of ketones is 1. The van der Waals surface area contributed by atoms with Crippen molar-refractivity contribution in [1.82, 2.24) is 4.90 Å². The third kappa shape index (κ3) is 2.25. The Balaban J connectivity index is 1.88. The molecule has 0 amide bonds. The molecule has 0 aromatic carbocycles. The SMILES string of the molecule is CCCCC(=O)C1CC2CCC(C1)N2C. The van der Waals surface area contributed by atoms with Gasteiger partial charge >= 0.3 is 0 Å². The summed E-state index contributed by atoms with van der Waals surface area (Å²) in [5.41, 5.74) is 0. The normalized spacial score (nSPS) is 35.7. The van der Waals surface area contributed by atoms with Gasteiger partial charge in [0, 0.05) is 24.4 Å². The lowest BCUT2D eigenvalue weighted by atomic mass is 9.86. The summed E-state index contributed by atoms with van der Waals surface area (Å²) in [5.74, 6) is 0.937. The number of nitrogens with zero attached hydrogens (tertiary/aromatic N) is 1. The Labute approximate surface area is 93.0 Å². The molecule has 0 N–H and O–H groups in total. The van der Waals surface area contributed by atoms with Crippen LogP contribution in [0.25, 0.3) is 0 Å². The van der Waals surface area contributed by atoms with Gasteiger partial charge in [0.1, 0.15) is 5.78 Å². The van der Waals surface area contributed by atoms with Crippen LogP contribution in [0.5, 0.6) is 0 Å². The number of hydrogen-bond donors (Lipinski definition) is 0. The second-order valence-electron chi connectivity index (χ2n) is 5.29. The monoisotopic (exact) mass is 209 g/mol. The van der Waals surface area contributed by atoms with Gasteiger partial charge in [0.05, 0.1) is 0 Å². The molecule has 2 rings (SSSR count). The highest BCUT2D eigenvalue weighted by molar-refractivity contribution is 5.81. The van der Waals surface area contributed by atoms with E-state index in [1.54, 1.807) is 0 Å². The van der Waals surface area contributed by atoms with Crippen molar-refractivity contribution in [2.24, 2.45) is 5.92 Å². The number of piperidine rings is 1. The zero-order valence-electron chi connectivity index (χ0n) is 10.0. The van der Waals surface area contributed by atoms with E-state index < -0.39 is 0 Å². The minimum atomic E-state index is 0.394. The molecule has 2 aliphatic heterocycles. The standard InChI is InChI=1S/C13H23NO/c1-3-4-5-13(15)10-8-11-6-7-12(9-10)14(11)2/h10-12H,3-9H2,1-2H3. The van der Waals surface area contributed by atoms with Crippen molar-refractivity contribution < 1.29 is 4.79 Å². The first-order chi connectivity index (χ1) is 7.22. The highest BCUT2D eigenvalue weighted by atomic mass is 16.1. The van der Waals surface area contributed by atoms with E-state index in [9.17, 15) is 4.79 Å². The molecule has 15 heavy (non-hydrogen) atoms. The van der Waals surface area contributed by atoms with Crippen molar-refractivity contribution in [3.05, 3.63) is 0 Å². The zero-order chi connectivity index (χ0) is 10.8. The Morgan fingerprint density at radius 3 is 2.40 bits per heavy atom. The largest absolute Gasteiger partial charge is 0.300 e. The van der Waals surface area contributed by atoms with Crippen molar-refractivity contribution in [2.45, 2.75) is 64.0 Å². The Morgan fingerprint density at radius 1 is 1.27 bits per heavy atom. The summed E-state index contributed by atoms with van der Waals surface area (Å²) in [6, 6.07) is 1.42. The summed E-state index contributed by atoms with van der Waals surface area (Å²) >= 11 is 0. The fraction of sp³-hybridized carbons (Fsp3) is 0.923. The average Bonchev–Trinajstić information content (AvgIpc) is 2.49. The fourth-order valence-electron chi connectivity index (χ4n) is 3.23. The number of unbranched alkanes of at least 4 members (excludes halogenated alkanes) is 1. The molecular formula is C13H23NO. The van der Waals surface area contributed by atoms with Crippen molar-refractivity contribution >= 4 is 5.78 Å². The molecule has 2 heteroatoms. The van der Waals surface area contributed by atoms with E-state index in [0.29, 0.717) is 23.8 Å². The van der Waals surface area contributed by atoms with E-state index in [0.717, 1.165) is 32.1 Å². The van der Waals surface area contributed by atoms with E-state index in [2.05, 4.69) is 18.9 Å². The second kappa shape index (κ2) is 4.65. The van der Waals surface area contributed by atoms with Crippen LogP contribution in [0.4, 0.5) is 0 Å². The van der Waals surface area contributed by atoms with Gasteiger partial charge in [-0.25, -0.2) is 0 Å². The highest BCUT2D eigenvalue weighted by Crippen LogP contribution is 2.38. The number of carbonyl (C=O) groups excluding carboxylic acids is 1. The third-order valence-corrected chi connectivity index (χ3v) is 4.33. The van der Waals surface area contributed by atoms with Gasteiger partial charge in [-0.15, -0.1) is 0 Å². The molecule has 2 aliphatic rings. The molecule has 2 unspecified atom stereocenters. The number of fused-ring (bicyclic) bond motifs is 2. The molecule has 2 atom stereocenters. The van der Waals surface area contributed by atoms with E-state index in [1.165, 1.54) is 12.8 Å². The van der Waals surface area contributed by atoms with E-state index >= 15 is 0 Å². The number of Topliss-reactive ketones (excluding diaryl/α,β-unsaturated/α-hetero) is 1. The van der Waals surface area contributed by atoms with Crippen molar-refractivity contribution in [1.29, 1.82) is 0 Å². The van der Waals surface area contributed by atoms with Crippen LogP contribution in [0.15, 0.2) is 0 Å². The Hall–Kier alpha value is -0.370. The first kappa shape index (κ1) is 11.1. The Morgan fingerprint density at radius 2 is 1.87 bits per heavy atom. The maximum absolute atomic E-state index is 12.0. The first-order valence-electron chi connectivity index (χ1n) is 6.47. The highest BCUT2D eigenvalue weighted by Gasteiger charge is 2.40. The maximum atomic E-state index is 12.0. The maximum Gasteiger partial charge on any atom is 0.136 e. The zero-order valence-corrected chi connectivity index (χ0v) is 10.0. The smallest absolute Gasteiger partial charge is 0.136 e. The minimum Gasteiger partial charge on any atom is -0.300 e. The molecule has 0 radical (unpaired) electrons. The van der Waals surface area contributed by atoms with E-state index in [-0.39, 0.29) is 0 Å². The summed E-state index contributed by atoms with van der Waals surface area (Å²) in [6.45, 7) is 2.16. The topological polar surface area (TPSA) is 20.3 Å². The van der Waals surface area contributed by atoms with Crippen molar-refractivity contribution in [3.63, 3.8) is 0 Å². The Bertz CT molecular complexity index is 225. The molecule has 0 saturated carbocycles. The van der Waals surface area contributed by atoms with Crippen LogP contribution >= 0.6 is 0 Å². The molecule has 2 bridgehead atoms. The van der Waals surface area contributed by atoms with Crippen LogP contribution < -0.4 is 0 Å². The summed E-state index contributed by atoms with van der Waals surface area (Å²) in [4.78, 5) is 14.5. The summed E-state index contributed by atoms with van der Waals surface area (Å²) in [5, 5.41) is 0. The summed E-state index contributed by atoms with van der Waals surface area (Å²) < 4.78 is 0. The third-order valence-electron chi connectivity index (χ3n) is 4.33. The van der Waals surface area contributed by atoms with Gasteiger partial charge < -0.3 is 4.90 Å². The average molecular weight is 209 g/mol. The molecule has 86 valence electrons. The fourth-order valence-corrected chi connectivity index (χ4v) is 3.23. The number of rotatable bonds is 4. The predicted molar refractivity (Wildman–Crippen MR) is 61.8 cm³/mol. The molecule has 0 aromatic rings. The van der Waals surface area contributed by atoms with Crippen molar-refractivity contribution in [3.8, 4) is 0 Å². The lowest BCUT2D eigenvalue weighted by Gasteiger charge is -2.35. The molecule has 0 aliphatic carbocycles. The first-order valence-corrected chi connectivity index (χ1v) is 6.47. The van der Waals surface area contributed by atoms with Crippen LogP contribution in [0.2, 0.25) is 0 Å². The molecule has 2 nitrogen and oxygen atoms in total. The lowest BCUT2D eigenvalue weighted by molar-refractivity contribution is -0.125. The number of hydrogen-bond acceptors (Lipinski definition) is 2. The van der Waals surface area contributed by atoms with Crippen molar-refractivity contribution in [2.75, 3.05) is 7.05 Å². The molecule has 0 spiro atoms. The lowest BCUT2D eigenvalue weighted by Crippen LogP contribution is -2.42. The minimum absolute atomic E-state index is 0.394. The van der Waals surface area contributed by atoms with Gasteiger partial charge in [-0.1, -0.05) is 13.3 Å². The van der Waals surface area contributed by atoms with Crippen LogP contribution in [-0.2, 0) is 4.79 Å². The molecule has 2 fully saturated rings. The van der Waals surface area contributed by atoms with Crippen LogP contribution in [0.1, 0.15) is 51.9 Å². The van der Waals surface area contributed by atoms with E-state index in [1.807, 2.05) is 0 Å². The van der Waals surface area contributed by atoms with Gasteiger partial charge in [0.25, 0.3) is 0 Å². The van der Waals surface area contributed by atoms with E-state index in [4.69, 9.17) is 0 Å². The molecule has 0 aromatic heterocycles.